The summed E-state index contributed by atoms with van der Waals surface area (Å²) in [6.45, 7) is 2.80. The van der Waals surface area contributed by atoms with Gasteiger partial charge in [-0.3, -0.25) is 4.98 Å². The SMILES string of the molecule is COc1cc(Nc2nccc(Nc3cnc4cc(F)c(F)cc4c3)n2)cnc1N1CCOCC1. The molecule has 0 atom stereocenters. The minimum absolute atomic E-state index is 0.342. The maximum absolute atomic E-state index is 13.6. The van der Waals surface area contributed by atoms with Crippen LogP contribution in [0, 0.1) is 11.6 Å². The van der Waals surface area contributed by atoms with Gasteiger partial charge in [0.2, 0.25) is 5.95 Å². The Morgan fingerprint density at radius 1 is 0.941 bits per heavy atom. The van der Waals surface area contributed by atoms with Crippen LogP contribution in [0.4, 0.5) is 37.7 Å². The molecule has 1 aromatic carbocycles. The van der Waals surface area contributed by atoms with Crippen molar-refractivity contribution in [3.63, 3.8) is 0 Å². The Kier molecular flexibility index (Phi) is 6.00. The molecule has 1 saturated heterocycles. The van der Waals surface area contributed by atoms with E-state index < -0.39 is 11.6 Å². The van der Waals surface area contributed by atoms with Crippen LogP contribution in [0.1, 0.15) is 0 Å². The van der Waals surface area contributed by atoms with Crippen molar-refractivity contribution in [3.05, 3.63) is 60.6 Å². The average Bonchev–Trinajstić information content (AvgIpc) is 2.85. The standard InChI is InChI=1S/C23H21F2N7O2/c1-33-20-10-16(13-28-22(20)32-4-6-34-7-5-32)30-23-26-3-2-21(31-23)29-15-8-14-9-17(24)18(25)11-19(14)27-12-15/h2-3,8-13H,4-7H2,1H3,(H2,26,29,30,31). The van der Waals surface area contributed by atoms with Crippen LogP contribution in [0.2, 0.25) is 0 Å². The van der Waals surface area contributed by atoms with Gasteiger partial charge in [0.1, 0.15) is 5.82 Å². The van der Waals surface area contributed by atoms with Crippen molar-refractivity contribution in [2.24, 2.45) is 0 Å². The van der Waals surface area contributed by atoms with Crippen LogP contribution in [0.25, 0.3) is 10.9 Å². The lowest BCUT2D eigenvalue weighted by Gasteiger charge is -2.29. The maximum Gasteiger partial charge on any atom is 0.229 e. The Labute approximate surface area is 193 Å². The van der Waals surface area contributed by atoms with Gasteiger partial charge in [0.15, 0.2) is 23.2 Å². The summed E-state index contributed by atoms with van der Waals surface area (Å²) in [6.07, 6.45) is 4.81. The van der Waals surface area contributed by atoms with E-state index in [9.17, 15) is 8.78 Å². The molecule has 0 spiro atoms. The normalized spacial score (nSPS) is 13.7. The van der Waals surface area contributed by atoms with E-state index in [1.165, 1.54) is 6.20 Å². The minimum atomic E-state index is -0.934. The first-order chi connectivity index (χ1) is 16.6. The number of nitrogens with zero attached hydrogens (tertiary/aromatic N) is 5. The Morgan fingerprint density at radius 3 is 2.53 bits per heavy atom. The van der Waals surface area contributed by atoms with Crippen LogP contribution in [0.5, 0.6) is 5.75 Å². The smallest absolute Gasteiger partial charge is 0.229 e. The summed E-state index contributed by atoms with van der Waals surface area (Å²) in [5, 5.41) is 6.69. The molecule has 0 unspecified atom stereocenters. The molecule has 0 amide bonds. The molecule has 0 saturated carbocycles. The number of morpholine rings is 1. The summed E-state index contributed by atoms with van der Waals surface area (Å²) in [7, 11) is 1.60. The number of pyridine rings is 2. The van der Waals surface area contributed by atoms with Gasteiger partial charge in [-0.2, -0.15) is 4.98 Å². The summed E-state index contributed by atoms with van der Waals surface area (Å²) in [5.74, 6) is 0.362. The molecule has 0 aliphatic carbocycles. The van der Waals surface area contributed by atoms with E-state index in [-0.39, 0.29) is 0 Å². The molecule has 4 heterocycles. The highest BCUT2D eigenvalue weighted by molar-refractivity contribution is 5.82. The van der Waals surface area contributed by atoms with Crippen molar-refractivity contribution in [1.29, 1.82) is 0 Å². The predicted octanol–water partition coefficient (Wildman–Crippen LogP) is 4.03. The zero-order valence-electron chi connectivity index (χ0n) is 18.3. The van der Waals surface area contributed by atoms with Gasteiger partial charge in [-0.05, 0) is 18.2 Å². The van der Waals surface area contributed by atoms with Crippen LogP contribution in [-0.4, -0.2) is 53.3 Å². The number of anilines is 5. The molecule has 4 aromatic rings. The second-order valence-electron chi connectivity index (χ2n) is 7.55. The first kappa shape index (κ1) is 21.7. The molecule has 0 radical (unpaired) electrons. The molecule has 9 nitrogen and oxygen atoms in total. The first-order valence-electron chi connectivity index (χ1n) is 10.6. The van der Waals surface area contributed by atoms with E-state index in [1.54, 1.807) is 31.6 Å². The summed E-state index contributed by atoms with van der Waals surface area (Å²) >= 11 is 0. The molecule has 5 rings (SSSR count). The number of nitrogens with one attached hydrogen (secondary N) is 2. The van der Waals surface area contributed by atoms with Gasteiger partial charge in [-0.25, -0.2) is 18.7 Å². The molecule has 1 aliphatic rings. The Bertz CT molecular complexity index is 1330. The second-order valence-corrected chi connectivity index (χ2v) is 7.55. The Morgan fingerprint density at radius 2 is 1.71 bits per heavy atom. The third-order valence-electron chi connectivity index (χ3n) is 5.27. The molecule has 3 aromatic heterocycles. The zero-order chi connectivity index (χ0) is 23.5. The molecule has 0 bridgehead atoms. The second kappa shape index (κ2) is 9.40. The van der Waals surface area contributed by atoms with Gasteiger partial charge < -0.3 is 25.0 Å². The van der Waals surface area contributed by atoms with Crippen LogP contribution < -0.4 is 20.3 Å². The van der Waals surface area contributed by atoms with Crippen LogP contribution in [0.3, 0.4) is 0 Å². The van der Waals surface area contributed by atoms with Crippen molar-refractivity contribution >= 4 is 39.9 Å². The number of ether oxygens (including phenoxy) is 2. The van der Waals surface area contributed by atoms with E-state index in [0.717, 1.165) is 31.0 Å². The maximum atomic E-state index is 13.6. The van der Waals surface area contributed by atoms with Gasteiger partial charge in [0.25, 0.3) is 0 Å². The van der Waals surface area contributed by atoms with Gasteiger partial charge in [-0.15, -0.1) is 0 Å². The summed E-state index contributed by atoms with van der Waals surface area (Å²) < 4.78 is 37.9. The third-order valence-corrected chi connectivity index (χ3v) is 5.27. The largest absolute Gasteiger partial charge is 0.493 e. The van der Waals surface area contributed by atoms with Crippen LogP contribution in [0.15, 0.2) is 48.9 Å². The van der Waals surface area contributed by atoms with Crippen molar-refractivity contribution < 1.29 is 18.3 Å². The van der Waals surface area contributed by atoms with Gasteiger partial charge >= 0.3 is 0 Å². The highest BCUT2D eigenvalue weighted by atomic mass is 19.2. The van der Waals surface area contributed by atoms with E-state index in [2.05, 4.69) is 35.5 Å². The number of aromatic nitrogens is 4. The summed E-state index contributed by atoms with van der Waals surface area (Å²) in [6, 6.07) is 7.35. The number of fused-ring (bicyclic) bond motifs is 1. The molecule has 1 fully saturated rings. The van der Waals surface area contributed by atoms with Gasteiger partial charge in [0, 0.05) is 36.8 Å². The van der Waals surface area contributed by atoms with Crippen LogP contribution in [-0.2, 0) is 4.74 Å². The minimum Gasteiger partial charge on any atom is -0.493 e. The fraction of sp³-hybridized carbons (Fsp3) is 0.217. The molecule has 1 aliphatic heterocycles. The number of hydrogen-bond donors (Lipinski definition) is 2. The van der Waals surface area contributed by atoms with Crippen molar-refractivity contribution in [1.82, 2.24) is 19.9 Å². The molecule has 2 N–H and O–H groups in total. The monoisotopic (exact) mass is 465 g/mol. The molecule has 174 valence electrons. The summed E-state index contributed by atoms with van der Waals surface area (Å²) in [5.41, 5.74) is 1.59. The fourth-order valence-electron chi connectivity index (χ4n) is 3.63. The number of benzene rings is 1. The van der Waals surface area contributed by atoms with E-state index in [0.29, 0.717) is 53.0 Å². The zero-order valence-corrected chi connectivity index (χ0v) is 18.3. The predicted molar refractivity (Wildman–Crippen MR) is 124 cm³/mol. The average molecular weight is 465 g/mol. The lowest BCUT2D eigenvalue weighted by molar-refractivity contribution is 0.122. The first-order valence-corrected chi connectivity index (χ1v) is 10.6. The van der Waals surface area contributed by atoms with E-state index >= 15 is 0 Å². The van der Waals surface area contributed by atoms with Crippen molar-refractivity contribution in [3.8, 4) is 5.75 Å². The Hall–Kier alpha value is -4.12. The topological polar surface area (TPSA) is 97.3 Å². The number of hydrogen-bond acceptors (Lipinski definition) is 9. The quantitative estimate of drug-likeness (QED) is 0.437. The lowest BCUT2D eigenvalue weighted by Crippen LogP contribution is -2.37. The third kappa shape index (κ3) is 4.64. The molecule has 34 heavy (non-hydrogen) atoms. The molecule has 11 heteroatoms. The Balaban J connectivity index is 1.33. The number of methoxy groups -OCH3 is 1. The van der Waals surface area contributed by atoms with E-state index in [4.69, 9.17) is 9.47 Å². The lowest BCUT2D eigenvalue weighted by atomic mass is 10.2. The molecular weight excluding hydrogens is 444 g/mol. The van der Waals surface area contributed by atoms with Crippen LogP contribution >= 0.6 is 0 Å². The summed E-state index contributed by atoms with van der Waals surface area (Å²) in [4.78, 5) is 19.5. The number of rotatable bonds is 6. The van der Waals surface area contributed by atoms with Gasteiger partial charge in [-0.1, -0.05) is 0 Å². The molecular formula is C23H21F2N7O2. The highest BCUT2D eigenvalue weighted by Gasteiger charge is 2.17. The van der Waals surface area contributed by atoms with Crippen molar-refractivity contribution in [2.75, 3.05) is 48.9 Å². The van der Waals surface area contributed by atoms with E-state index in [1.807, 2.05) is 6.07 Å². The van der Waals surface area contributed by atoms with Crippen molar-refractivity contribution in [2.45, 2.75) is 0 Å². The number of halogens is 2. The highest BCUT2D eigenvalue weighted by Crippen LogP contribution is 2.30. The fourth-order valence-corrected chi connectivity index (χ4v) is 3.63. The van der Waals surface area contributed by atoms with Gasteiger partial charge in [0.05, 0.1) is 49.6 Å².